The van der Waals surface area contributed by atoms with Gasteiger partial charge in [0.05, 0.1) is 17.5 Å². The van der Waals surface area contributed by atoms with Gasteiger partial charge in [0, 0.05) is 24.2 Å². The Bertz CT molecular complexity index is 1640. The van der Waals surface area contributed by atoms with Crippen LogP contribution in [0.5, 0.6) is 5.75 Å². The van der Waals surface area contributed by atoms with Crippen molar-refractivity contribution in [1.82, 2.24) is 9.80 Å². The number of aromatic hydroxyl groups is 1. The Labute approximate surface area is 250 Å². The third-order valence-electron chi connectivity index (χ3n) is 9.77. The fourth-order valence-corrected chi connectivity index (χ4v) is 7.79. The normalized spacial score (nSPS) is 28.8. The number of fused-ring (bicyclic) bond motifs is 3. The number of carbonyl (C=O) groups is 3. The quantitative estimate of drug-likeness (QED) is 0.237. The van der Waals surface area contributed by atoms with E-state index in [0.29, 0.717) is 24.9 Å². The molecule has 6 atom stereocenters. The second-order valence-corrected chi connectivity index (χ2v) is 12.5. The minimum absolute atomic E-state index is 0.0792. The Hall–Kier alpha value is -4.21. The van der Waals surface area contributed by atoms with Crippen LogP contribution in [0, 0.1) is 17.8 Å². The lowest BCUT2D eigenvalue weighted by atomic mass is 9.59. The molecular weight excluding hydrogens is 546 g/mol. The van der Waals surface area contributed by atoms with E-state index in [2.05, 4.69) is 43.0 Å². The summed E-state index contributed by atoms with van der Waals surface area (Å²) < 4.78 is 0. The number of hydrogen-bond acceptors (Lipinski definition) is 8. The summed E-state index contributed by atoms with van der Waals surface area (Å²) in [6.45, 7) is 5.12. The maximum Gasteiger partial charge on any atom is 0.255 e. The molecule has 224 valence electrons. The third-order valence-corrected chi connectivity index (χ3v) is 9.77. The molecule has 1 amide bonds. The molecule has 2 aromatic rings. The van der Waals surface area contributed by atoms with E-state index in [-0.39, 0.29) is 22.6 Å². The summed E-state index contributed by atoms with van der Waals surface area (Å²) in [4.78, 5) is 43.6. The smallest absolute Gasteiger partial charge is 0.255 e. The van der Waals surface area contributed by atoms with Crippen molar-refractivity contribution in [2.75, 3.05) is 14.1 Å². The molecule has 1 heterocycles. The number of carbonyl (C=O) groups excluding carboxylic acids is 3. The number of phenolic OH excluding ortho intramolecular Hbond substituents is 1. The fourth-order valence-electron chi connectivity index (χ4n) is 7.79. The maximum atomic E-state index is 14.0. The Morgan fingerprint density at radius 2 is 1.72 bits per heavy atom. The SMILES string of the molecule is CC1C=CC(C)N1Cc1cccc(-c2ccc(O)c3c2CC2CC4C(C(=O)C(C(N)=O)=C(O)[C@H]4N(C)C)C(=O)C2=C3O)c1. The summed E-state index contributed by atoms with van der Waals surface area (Å²) in [5.74, 6) is -5.78. The van der Waals surface area contributed by atoms with Gasteiger partial charge in [0.25, 0.3) is 5.91 Å². The van der Waals surface area contributed by atoms with Crippen molar-refractivity contribution in [2.24, 2.45) is 23.5 Å². The van der Waals surface area contributed by atoms with Gasteiger partial charge in [-0.25, -0.2) is 0 Å². The molecule has 0 radical (unpaired) electrons. The summed E-state index contributed by atoms with van der Waals surface area (Å²) in [7, 11) is 3.41. The standard InChI is InChI=1S/C34H37N3O6/c1-16-8-9-17(2)37(16)15-18-6-5-7-19(12-18)21-10-11-24(38)26-22(21)13-20-14-23-27(31(40)25(20)30(26)39)32(41)28(34(35)43)33(42)29(23)36(3)4/h5-12,16-17,20,23,27,29,38-39,42H,13-15H2,1-4H3,(H2,35,43)/t16?,17?,20?,23?,27?,29-/m0/s1. The zero-order chi connectivity index (χ0) is 30.9. The molecule has 1 saturated carbocycles. The molecule has 0 aromatic heterocycles. The van der Waals surface area contributed by atoms with Gasteiger partial charge in [-0.1, -0.05) is 36.4 Å². The molecule has 5 N–H and O–H groups in total. The van der Waals surface area contributed by atoms with E-state index in [0.717, 1.165) is 28.8 Å². The van der Waals surface area contributed by atoms with Crippen LogP contribution < -0.4 is 5.73 Å². The average Bonchev–Trinajstić information content (AvgIpc) is 3.24. The highest BCUT2D eigenvalue weighted by atomic mass is 16.3. The molecule has 9 nitrogen and oxygen atoms in total. The molecule has 6 rings (SSSR count). The summed E-state index contributed by atoms with van der Waals surface area (Å²) in [6, 6.07) is 11.5. The van der Waals surface area contributed by atoms with Crippen molar-refractivity contribution in [3.63, 3.8) is 0 Å². The number of primary amides is 1. The molecular formula is C34H37N3O6. The first-order valence-corrected chi connectivity index (χ1v) is 14.7. The molecule has 0 saturated heterocycles. The van der Waals surface area contributed by atoms with Gasteiger partial charge in [0.2, 0.25) is 0 Å². The van der Waals surface area contributed by atoms with Crippen LogP contribution in [0.15, 0.2) is 65.5 Å². The van der Waals surface area contributed by atoms with E-state index in [4.69, 9.17) is 5.73 Å². The summed E-state index contributed by atoms with van der Waals surface area (Å²) in [5.41, 5.74) is 8.79. The lowest BCUT2D eigenvalue weighted by molar-refractivity contribution is -0.136. The number of hydrogen-bond donors (Lipinski definition) is 4. The minimum atomic E-state index is -1.27. The number of aliphatic hydroxyl groups is 2. The van der Waals surface area contributed by atoms with E-state index in [1.807, 2.05) is 18.2 Å². The van der Waals surface area contributed by atoms with Crippen LogP contribution in [-0.2, 0) is 27.3 Å². The zero-order valence-electron chi connectivity index (χ0n) is 24.7. The molecule has 1 fully saturated rings. The van der Waals surface area contributed by atoms with Crippen LogP contribution in [0.2, 0.25) is 0 Å². The third kappa shape index (κ3) is 4.49. The zero-order valence-corrected chi connectivity index (χ0v) is 24.7. The summed E-state index contributed by atoms with van der Waals surface area (Å²) in [5, 5.41) is 33.5. The topological polar surface area (TPSA) is 144 Å². The summed E-state index contributed by atoms with van der Waals surface area (Å²) >= 11 is 0. The average molecular weight is 584 g/mol. The van der Waals surface area contributed by atoms with Crippen LogP contribution in [0.4, 0.5) is 0 Å². The molecule has 9 heteroatoms. The van der Waals surface area contributed by atoms with Gasteiger partial charge in [-0.2, -0.15) is 0 Å². The first-order chi connectivity index (χ1) is 20.4. The van der Waals surface area contributed by atoms with E-state index in [1.54, 1.807) is 19.0 Å². The van der Waals surface area contributed by atoms with Crippen LogP contribution >= 0.6 is 0 Å². The van der Waals surface area contributed by atoms with Gasteiger partial charge in [-0.3, -0.25) is 24.2 Å². The van der Waals surface area contributed by atoms with Crippen molar-refractivity contribution >= 4 is 23.2 Å². The van der Waals surface area contributed by atoms with Gasteiger partial charge < -0.3 is 21.1 Å². The van der Waals surface area contributed by atoms with Crippen molar-refractivity contribution in [2.45, 2.75) is 51.4 Å². The lowest BCUT2D eigenvalue weighted by Crippen LogP contribution is -2.55. The largest absolute Gasteiger partial charge is 0.510 e. The van der Waals surface area contributed by atoms with E-state index >= 15 is 0 Å². The first kappa shape index (κ1) is 28.9. The number of nitrogens with two attached hydrogens (primary N) is 1. The number of benzene rings is 2. The number of phenols is 1. The lowest BCUT2D eigenvalue weighted by Gasteiger charge is -2.46. The highest BCUT2D eigenvalue weighted by molar-refractivity contribution is 6.28. The van der Waals surface area contributed by atoms with Gasteiger partial charge in [0.15, 0.2) is 11.6 Å². The highest BCUT2D eigenvalue weighted by Gasteiger charge is 2.55. The van der Waals surface area contributed by atoms with Crippen LogP contribution in [0.1, 0.15) is 37.0 Å². The van der Waals surface area contributed by atoms with Crippen LogP contribution in [0.25, 0.3) is 16.9 Å². The highest BCUT2D eigenvalue weighted by Crippen LogP contribution is 2.51. The van der Waals surface area contributed by atoms with E-state index in [9.17, 15) is 29.7 Å². The predicted octanol–water partition coefficient (Wildman–Crippen LogP) is 3.66. The van der Waals surface area contributed by atoms with Gasteiger partial charge >= 0.3 is 0 Å². The van der Waals surface area contributed by atoms with Crippen molar-refractivity contribution in [1.29, 1.82) is 0 Å². The molecule has 3 aliphatic carbocycles. The Morgan fingerprint density at radius 3 is 2.37 bits per heavy atom. The van der Waals surface area contributed by atoms with E-state index in [1.165, 1.54) is 6.07 Å². The first-order valence-electron chi connectivity index (χ1n) is 14.7. The number of aliphatic hydroxyl groups excluding tert-OH is 2. The fraction of sp³-hybridized carbons (Fsp3) is 0.382. The number of ketones is 2. The van der Waals surface area contributed by atoms with E-state index < -0.39 is 52.6 Å². The Kier molecular flexibility index (Phi) is 7.06. The van der Waals surface area contributed by atoms with Gasteiger partial charge in [0.1, 0.15) is 22.8 Å². The Morgan fingerprint density at radius 1 is 1.02 bits per heavy atom. The number of Topliss-reactive ketones (excluding diaryl/α,β-unsaturated/α-hetero) is 2. The number of allylic oxidation sites excluding steroid dienone is 1. The summed E-state index contributed by atoms with van der Waals surface area (Å²) in [6.07, 6.45) is 5.08. The maximum absolute atomic E-state index is 14.0. The van der Waals surface area contributed by atoms with Crippen LogP contribution in [-0.4, -0.2) is 74.8 Å². The molecule has 0 bridgehead atoms. The number of rotatable bonds is 5. The molecule has 1 aliphatic heterocycles. The number of likely N-dealkylation sites (N-methyl/N-ethyl adjacent to an activating group) is 1. The molecule has 5 unspecified atom stereocenters. The molecule has 43 heavy (non-hydrogen) atoms. The van der Waals surface area contributed by atoms with Crippen molar-refractivity contribution in [3.8, 4) is 16.9 Å². The van der Waals surface area contributed by atoms with Crippen molar-refractivity contribution < 1.29 is 29.7 Å². The number of nitrogens with zero attached hydrogens (tertiary/aromatic N) is 2. The molecule has 0 spiro atoms. The minimum Gasteiger partial charge on any atom is -0.510 e. The van der Waals surface area contributed by atoms with Crippen LogP contribution in [0.3, 0.4) is 0 Å². The Balaban J connectivity index is 1.42. The molecule has 4 aliphatic rings. The second-order valence-electron chi connectivity index (χ2n) is 12.5. The monoisotopic (exact) mass is 583 g/mol. The molecule has 2 aromatic carbocycles. The predicted molar refractivity (Wildman–Crippen MR) is 162 cm³/mol. The van der Waals surface area contributed by atoms with Crippen molar-refractivity contribution in [3.05, 3.63) is 82.1 Å². The van der Waals surface area contributed by atoms with Gasteiger partial charge in [-0.15, -0.1) is 0 Å². The van der Waals surface area contributed by atoms with Gasteiger partial charge in [-0.05, 0) is 87.0 Å². The second kappa shape index (κ2) is 10.5. The number of amides is 1.